The fraction of sp³-hybridized carbons (Fsp3) is 0.556. The zero-order chi connectivity index (χ0) is 19.2. The second kappa shape index (κ2) is 9.18. The van der Waals surface area contributed by atoms with Crippen molar-refractivity contribution in [1.82, 2.24) is 15.6 Å². The van der Waals surface area contributed by atoms with Gasteiger partial charge in [0.25, 0.3) is 0 Å². The van der Waals surface area contributed by atoms with Gasteiger partial charge in [0.2, 0.25) is 5.91 Å². The molecule has 0 aromatic rings. The minimum Gasteiger partial charge on any atom is -0.358 e. The fourth-order valence-electron chi connectivity index (χ4n) is 3.51. The molecule has 2 heterocycles. The third-order valence-corrected chi connectivity index (χ3v) is 5.52. The number of nitrogens with two attached hydrogens (primary N) is 1. The van der Waals surface area contributed by atoms with E-state index in [9.17, 15) is 9.18 Å². The van der Waals surface area contributed by atoms with Gasteiger partial charge in [-0.05, 0) is 37.3 Å². The summed E-state index contributed by atoms with van der Waals surface area (Å²) < 4.78 is 13.7. The Balaban J connectivity index is 1.49. The fourth-order valence-corrected chi connectivity index (χ4v) is 3.74. The summed E-state index contributed by atoms with van der Waals surface area (Å²) >= 11 is 5.21. The zero-order valence-electron chi connectivity index (χ0n) is 15.2. The molecular formula is C18H25FN6OS. The number of carbonyl (C=O) groups excluding carboxylic acids is 1. The maximum atomic E-state index is 13.7. The largest absolute Gasteiger partial charge is 0.358 e. The van der Waals surface area contributed by atoms with Gasteiger partial charge in [0.15, 0.2) is 0 Å². The second-order valence-corrected chi connectivity index (χ2v) is 7.36. The summed E-state index contributed by atoms with van der Waals surface area (Å²) in [7, 11) is 0. The molecule has 1 saturated heterocycles. The molecule has 0 atom stereocenters. The van der Waals surface area contributed by atoms with Gasteiger partial charge in [-0.2, -0.15) is 0 Å². The van der Waals surface area contributed by atoms with Crippen LogP contribution < -0.4 is 16.6 Å². The first-order valence-corrected chi connectivity index (χ1v) is 9.71. The molecule has 1 aliphatic carbocycles. The van der Waals surface area contributed by atoms with Crippen molar-refractivity contribution in [2.45, 2.75) is 44.9 Å². The number of piperidine rings is 1. The lowest BCUT2D eigenvalue weighted by molar-refractivity contribution is -0.119. The van der Waals surface area contributed by atoms with Crippen LogP contribution in [0.3, 0.4) is 0 Å². The molecular weight excluding hydrogens is 367 g/mol. The van der Waals surface area contributed by atoms with E-state index in [2.05, 4.69) is 25.8 Å². The predicted octanol–water partition coefficient (Wildman–Crippen LogP) is 2.07. The molecule has 1 fully saturated rings. The summed E-state index contributed by atoms with van der Waals surface area (Å²) in [4.78, 5) is 15.0. The molecule has 1 amide bonds. The molecule has 0 radical (unpaired) electrons. The first-order valence-electron chi connectivity index (χ1n) is 9.30. The molecule has 146 valence electrons. The van der Waals surface area contributed by atoms with Crippen LogP contribution in [-0.2, 0) is 4.79 Å². The number of amidine groups is 2. The van der Waals surface area contributed by atoms with Crippen LogP contribution in [0.15, 0.2) is 33.8 Å². The SMILES string of the molecule is NNC(=S)C1CCN(C2=NN=C(NC(=O)CC3=CCCC=C3F)CC2)CC1. The molecule has 2 aliphatic heterocycles. The Kier molecular flexibility index (Phi) is 6.68. The van der Waals surface area contributed by atoms with E-state index in [0.717, 1.165) is 44.6 Å². The molecule has 0 aromatic carbocycles. The number of hydrogen-bond donors (Lipinski definition) is 3. The van der Waals surface area contributed by atoms with Gasteiger partial charge in [0.05, 0.1) is 11.4 Å². The molecule has 7 nitrogen and oxygen atoms in total. The van der Waals surface area contributed by atoms with Crippen molar-refractivity contribution in [2.75, 3.05) is 13.1 Å². The van der Waals surface area contributed by atoms with Crippen molar-refractivity contribution in [3.8, 4) is 0 Å². The van der Waals surface area contributed by atoms with Crippen LogP contribution in [0.5, 0.6) is 0 Å². The summed E-state index contributed by atoms with van der Waals surface area (Å²) in [5.41, 5.74) is 3.03. The molecule has 3 rings (SSSR count). The monoisotopic (exact) mass is 392 g/mol. The number of rotatable bonds is 3. The van der Waals surface area contributed by atoms with Crippen LogP contribution >= 0.6 is 12.2 Å². The molecule has 9 heteroatoms. The normalized spacial score (nSPS) is 20.9. The number of allylic oxidation sites excluding steroid dienone is 3. The Morgan fingerprint density at radius 3 is 2.63 bits per heavy atom. The lowest BCUT2D eigenvalue weighted by Gasteiger charge is -2.34. The lowest BCUT2D eigenvalue weighted by Crippen LogP contribution is -2.44. The highest BCUT2D eigenvalue weighted by atomic mass is 32.1. The van der Waals surface area contributed by atoms with Crippen molar-refractivity contribution >= 4 is 34.8 Å². The third-order valence-electron chi connectivity index (χ3n) is 5.07. The van der Waals surface area contributed by atoms with E-state index in [1.54, 1.807) is 6.08 Å². The number of nitrogens with zero attached hydrogens (tertiary/aromatic N) is 3. The summed E-state index contributed by atoms with van der Waals surface area (Å²) in [6.45, 7) is 1.73. The van der Waals surface area contributed by atoms with Crippen LogP contribution in [0, 0.1) is 5.92 Å². The summed E-state index contributed by atoms with van der Waals surface area (Å²) in [6, 6.07) is 0. The van der Waals surface area contributed by atoms with Crippen LogP contribution in [0.2, 0.25) is 0 Å². The Hall–Kier alpha value is -2.13. The molecule has 0 spiro atoms. The molecule has 4 N–H and O–H groups in total. The van der Waals surface area contributed by atoms with Crippen LogP contribution in [-0.4, -0.2) is 40.6 Å². The average molecular weight is 393 g/mol. The van der Waals surface area contributed by atoms with Crippen LogP contribution in [0.1, 0.15) is 44.9 Å². The van der Waals surface area contributed by atoms with Crippen molar-refractivity contribution in [1.29, 1.82) is 0 Å². The van der Waals surface area contributed by atoms with E-state index >= 15 is 0 Å². The maximum absolute atomic E-state index is 13.7. The van der Waals surface area contributed by atoms with E-state index in [4.69, 9.17) is 18.1 Å². The van der Waals surface area contributed by atoms with E-state index < -0.39 is 0 Å². The minimum absolute atomic E-state index is 0.0283. The molecule has 0 bridgehead atoms. The number of nitrogens with one attached hydrogen (secondary N) is 2. The Labute approximate surface area is 163 Å². The first kappa shape index (κ1) is 19.6. The minimum atomic E-state index is -0.296. The average Bonchev–Trinajstić information content (AvgIpc) is 2.70. The van der Waals surface area contributed by atoms with Gasteiger partial charge in [-0.25, -0.2) is 4.39 Å². The Morgan fingerprint density at radius 2 is 2.00 bits per heavy atom. The smallest absolute Gasteiger partial charge is 0.229 e. The summed E-state index contributed by atoms with van der Waals surface area (Å²) in [5.74, 6) is 6.62. The van der Waals surface area contributed by atoms with Gasteiger partial charge in [-0.3, -0.25) is 10.6 Å². The second-order valence-electron chi connectivity index (χ2n) is 6.92. The van der Waals surface area contributed by atoms with Gasteiger partial charge < -0.3 is 15.6 Å². The molecule has 0 aromatic heterocycles. The first-order chi connectivity index (χ1) is 13.1. The Bertz CT molecular complexity index is 721. The molecule has 27 heavy (non-hydrogen) atoms. The number of halogens is 1. The highest BCUT2D eigenvalue weighted by Gasteiger charge is 2.25. The summed E-state index contributed by atoms with van der Waals surface area (Å²) in [5, 5.41) is 11.2. The number of likely N-dealkylation sites (tertiary alicyclic amines) is 1. The van der Waals surface area contributed by atoms with Gasteiger partial charge >= 0.3 is 0 Å². The van der Waals surface area contributed by atoms with E-state index in [1.165, 1.54) is 6.08 Å². The van der Waals surface area contributed by atoms with Gasteiger partial charge in [0, 0.05) is 31.8 Å². The van der Waals surface area contributed by atoms with Crippen molar-refractivity contribution in [3.05, 3.63) is 23.6 Å². The van der Waals surface area contributed by atoms with Gasteiger partial charge in [-0.15, -0.1) is 10.2 Å². The third kappa shape index (κ3) is 5.20. The lowest BCUT2D eigenvalue weighted by atomic mass is 9.96. The Morgan fingerprint density at radius 1 is 1.26 bits per heavy atom. The van der Waals surface area contributed by atoms with E-state index in [1.807, 2.05) is 0 Å². The zero-order valence-corrected chi connectivity index (χ0v) is 16.0. The number of amides is 1. The van der Waals surface area contributed by atoms with Gasteiger partial charge in [0.1, 0.15) is 17.5 Å². The van der Waals surface area contributed by atoms with Crippen molar-refractivity contribution < 1.29 is 9.18 Å². The molecule has 0 unspecified atom stereocenters. The van der Waals surface area contributed by atoms with Crippen LogP contribution in [0.4, 0.5) is 4.39 Å². The number of thiocarbonyl (C=S) groups is 1. The number of hydrazine groups is 1. The number of carbonyl (C=O) groups is 1. The maximum Gasteiger partial charge on any atom is 0.229 e. The van der Waals surface area contributed by atoms with Crippen LogP contribution in [0.25, 0.3) is 0 Å². The number of hydrogen-bond acceptors (Lipinski definition) is 6. The summed E-state index contributed by atoms with van der Waals surface area (Å²) in [6.07, 6.45) is 8.00. The standard InChI is InChI=1S/C18H25FN6OS/c19-14-4-2-1-3-13(14)11-17(26)21-15-5-6-16(24-23-15)25-9-7-12(8-10-25)18(27)22-20/h3-4,12H,1-2,5-11,20H2,(H,22,27)(H,21,23,26). The van der Waals surface area contributed by atoms with Gasteiger partial charge in [-0.1, -0.05) is 18.3 Å². The highest BCUT2D eigenvalue weighted by Crippen LogP contribution is 2.23. The molecule has 0 saturated carbocycles. The van der Waals surface area contributed by atoms with E-state index in [-0.39, 0.29) is 18.2 Å². The predicted molar refractivity (Wildman–Crippen MR) is 108 cm³/mol. The highest BCUT2D eigenvalue weighted by molar-refractivity contribution is 7.80. The van der Waals surface area contributed by atoms with Crippen molar-refractivity contribution in [2.24, 2.45) is 22.0 Å². The van der Waals surface area contributed by atoms with Crippen molar-refractivity contribution in [3.63, 3.8) is 0 Å². The van der Waals surface area contributed by atoms with E-state index in [0.29, 0.717) is 35.2 Å². The quantitative estimate of drug-likeness (QED) is 0.388. The molecule has 3 aliphatic rings. The topological polar surface area (TPSA) is 95.1 Å².